The maximum Gasteiger partial charge on any atom is 0.341 e. The van der Waals surface area contributed by atoms with Gasteiger partial charge in [-0.2, -0.15) is 9.78 Å². The molecule has 0 bridgehead atoms. The van der Waals surface area contributed by atoms with Gasteiger partial charge in [0.05, 0.1) is 17.1 Å². The molecule has 1 N–H and O–H groups in total. The van der Waals surface area contributed by atoms with Crippen molar-refractivity contribution in [2.24, 2.45) is 5.10 Å². The third kappa shape index (κ3) is 4.54. The lowest BCUT2D eigenvalue weighted by molar-refractivity contribution is -0.139. The van der Waals surface area contributed by atoms with Crippen molar-refractivity contribution in [3.63, 3.8) is 0 Å². The van der Waals surface area contributed by atoms with Gasteiger partial charge in [0.15, 0.2) is 12.4 Å². The van der Waals surface area contributed by atoms with E-state index in [1.807, 2.05) is 36.4 Å². The van der Waals surface area contributed by atoms with Crippen LogP contribution in [0, 0.1) is 0 Å². The number of carboxylic acids is 1. The molecule has 0 unspecified atom stereocenters. The maximum absolute atomic E-state index is 13.2. The number of carbonyl (C=O) groups is 1. The minimum absolute atomic E-state index is 0.316. The summed E-state index contributed by atoms with van der Waals surface area (Å²) in [4.78, 5) is 28.7. The third-order valence-electron chi connectivity index (χ3n) is 4.42. The van der Waals surface area contributed by atoms with Crippen LogP contribution < -0.4 is 10.3 Å². The Morgan fingerprint density at radius 2 is 1.84 bits per heavy atom. The molecule has 8 heteroatoms. The molecule has 0 saturated heterocycles. The number of hydrogen-bond acceptors (Lipinski definition) is 5. The smallest absolute Gasteiger partial charge is 0.341 e. The van der Waals surface area contributed by atoms with Crippen molar-refractivity contribution in [1.29, 1.82) is 0 Å². The molecule has 0 aliphatic heterocycles. The second kappa shape index (κ2) is 8.93. The summed E-state index contributed by atoms with van der Waals surface area (Å²) < 4.78 is 7.33. The molecule has 1 aromatic heterocycles. The number of rotatable bonds is 6. The van der Waals surface area contributed by atoms with Crippen LogP contribution in [0.4, 0.5) is 0 Å². The van der Waals surface area contributed by atoms with Crippen LogP contribution in [0.5, 0.6) is 5.75 Å². The fourth-order valence-corrected chi connectivity index (χ4v) is 3.39. The van der Waals surface area contributed by atoms with Crippen LogP contribution in [0.1, 0.15) is 5.56 Å². The molecule has 154 valence electrons. The highest BCUT2D eigenvalue weighted by molar-refractivity contribution is 9.10. The van der Waals surface area contributed by atoms with E-state index >= 15 is 0 Å². The summed E-state index contributed by atoms with van der Waals surface area (Å²) in [7, 11) is 0. The van der Waals surface area contributed by atoms with Crippen LogP contribution in [-0.4, -0.2) is 33.6 Å². The number of aliphatic carboxylic acids is 1. The molecule has 0 amide bonds. The van der Waals surface area contributed by atoms with Gasteiger partial charge in [0.1, 0.15) is 5.75 Å². The zero-order valence-corrected chi connectivity index (χ0v) is 17.7. The van der Waals surface area contributed by atoms with E-state index in [0.29, 0.717) is 28.0 Å². The summed E-state index contributed by atoms with van der Waals surface area (Å²) in [5.41, 5.74) is 1.50. The number of ether oxygens (including phenoxy) is 1. The van der Waals surface area contributed by atoms with E-state index < -0.39 is 12.6 Å². The molecule has 0 atom stereocenters. The van der Waals surface area contributed by atoms with Crippen LogP contribution in [-0.2, 0) is 4.79 Å². The fourth-order valence-electron chi connectivity index (χ4n) is 3.02. The Morgan fingerprint density at radius 1 is 1.10 bits per heavy atom. The van der Waals surface area contributed by atoms with E-state index in [1.165, 1.54) is 10.9 Å². The van der Waals surface area contributed by atoms with E-state index in [0.717, 1.165) is 10.0 Å². The average molecular weight is 478 g/mol. The van der Waals surface area contributed by atoms with Gasteiger partial charge in [-0.1, -0.05) is 58.4 Å². The first-order valence-corrected chi connectivity index (χ1v) is 10.1. The Kier molecular flexibility index (Phi) is 5.90. The SMILES string of the molecule is O=C(O)COc1ccc(Br)cc1C=Nn1c(-c2ccccc2)nc2ccccc2c1=O. The van der Waals surface area contributed by atoms with Gasteiger partial charge in [0.2, 0.25) is 0 Å². The second-order valence-electron chi connectivity index (χ2n) is 6.54. The summed E-state index contributed by atoms with van der Waals surface area (Å²) in [6, 6.07) is 21.5. The lowest BCUT2D eigenvalue weighted by Gasteiger charge is -2.10. The topological polar surface area (TPSA) is 93.8 Å². The first-order valence-electron chi connectivity index (χ1n) is 9.28. The van der Waals surface area contributed by atoms with Gasteiger partial charge in [-0.05, 0) is 30.3 Å². The van der Waals surface area contributed by atoms with E-state index in [-0.39, 0.29) is 5.56 Å². The number of halogens is 1. The molecular formula is C23H16BrN3O4. The predicted octanol–water partition coefficient (Wildman–Crippen LogP) is 4.17. The quantitative estimate of drug-likeness (QED) is 0.420. The first-order chi connectivity index (χ1) is 15.0. The van der Waals surface area contributed by atoms with Gasteiger partial charge in [-0.15, -0.1) is 0 Å². The Balaban J connectivity index is 1.86. The van der Waals surface area contributed by atoms with Gasteiger partial charge in [-0.3, -0.25) is 4.79 Å². The molecule has 4 aromatic rings. The van der Waals surface area contributed by atoms with Crippen molar-refractivity contribution in [2.45, 2.75) is 0 Å². The van der Waals surface area contributed by atoms with Gasteiger partial charge < -0.3 is 9.84 Å². The highest BCUT2D eigenvalue weighted by atomic mass is 79.9. The minimum Gasteiger partial charge on any atom is -0.481 e. The highest BCUT2D eigenvalue weighted by Crippen LogP contribution is 2.23. The summed E-state index contributed by atoms with van der Waals surface area (Å²) in [5.74, 6) is -0.368. The van der Waals surface area contributed by atoms with Gasteiger partial charge in [0, 0.05) is 15.6 Å². The van der Waals surface area contributed by atoms with Crippen molar-refractivity contribution in [2.75, 3.05) is 6.61 Å². The zero-order chi connectivity index (χ0) is 21.8. The fraction of sp³-hybridized carbons (Fsp3) is 0.0435. The molecule has 0 fully saturated rings. The van der Waals surface area contributed by atoms with E-state index in [9.17, 15) is 9.59 Å². The maximum atomic E-state index is 13.2. The third-order valence-corrected chi connectivity index (χ3v) is 4.91. The van der Waals surface area contributed by atoms with Crippen LogP contribution in [0.2, 0.25) is 0 Å². The number of para-hydroxylation sites is 1. The normalized spacial score (nSPS) is 11.1. The Labute approximate surface area is 185 Å². The highest BCUT2D eigenvalue weighted by Gasteiger charge is 2.12. The van der Waals surface area contributed by atoms with Gasteiger partial charge in [-0.25, -0.2) is 9.78 Å². The van der Waals surface area contributed by atoms with E-state index in [2.05, 4.69) is 26.0 Å². The summed E-state index contributed by atoms with van der Waals surface area (Å²) >= 11 is 3.39. The Bertz CT molecular complexity index is 1350. The first kappa shape index (κ1) is 20.5. The van der Waals surface area contributed by atoms with Crippen molar-refractivity contribution < 1.29 is 14.6 Å². The number of nitrogens with zero attached hydrogens (tertiary/aromatic N) is 3. The molecule has 0 aliphatic carbocycles. The summed E-state index contributed by atoms with van der Waals surface area (Å²) in [6.07, 6.45) is 1.45. The molecular weight excluding hydrogens is 462 g/mol. The van der Waals surface area contributed by atoms with Crippen LogP contribution >= 0.6 is 15.9 Å². The number of hydrogen-bond donors (Lipinski definition) is 1. The largest absolute Gasteiger partial charge is 0.481 e. The lowest BCUT2D eigenvalue weighted by Crippen LogP contribution is -2.20. The number of aromatic nitrogens is 2. The number of carboxylic acid groups (broad SMARTS) is 1. The van der Waals surface area contributed by atoms with Crippen molar-refractivity contribution in [1.82, 2.24) is 9.66 Å². The van der Waals surface area contributed by atoms with E-state index in [4.69, 9.17) is 9.84 Å². The average Bonchev–Trinajstić information content (AvgIpc) is 2.78. The Morgan fingerprint density at radius 3 is 2.61 bits per heavy atom. The molecule has 3 aromatic carbocycles. The number of benzene rings is 3. The molecule has 0 aliphatic rings. The van der Waals surface area contributed by atoms with Crippen molar-refractivity contribution in [3.05, 3.63) is 93.2 Å². The molecule has 0 radical (unpaired) electrons. The minimum atomic E-state index is -1.09. The molecule has 0 saturated carbocycles. The van der Waals surface area contributed by atoms with Crippen molar-refractivity contribution >= 4 is 39.0 Å². The van der Waals surface area contributed by atoms with Gasteiger partial charge in [0.25, 0.3) is 5.56 Å². The second-order valence-corrected chi connectivity index (χ2v) is 7.46. The molecule has 0 spiro atoms. The summed E-state index contributed by atoms with van der Waals surface area (Å²) in [5, 5.41) is 13.7. The van der Waals surface area contributed by atoms with E-state index in [1.54, 1.807) is 36.4 Å². The van der Waals surface area contributed by atoms with Gasteiger partial charge >= 0.3 is 5.97 Å². The zero-order valence-electron chi connectivity index (χ0n) is 16.1. The molecule has 4 rings (SSSR count). The van der Waals surface area contributed by atoms with Crippen LogP contribution in [0.15, 0.2) is 87.2 Å². The Hall–Kier alpha value is -3.78. The lowest BCUT2D eigenvalue weighted by atomic mass is 10.2. The molecule has 1 heterocycles. The summed E-state index contributed by atoms with van der Waals surface area (Å²) in [6.45, 7) is -0.491. The van der Waals surface area contributed by atoms with Crippen LogP contribution in [0.25, 0.3) is 22.3 Å². The molecule has 31 heavy (non-hydrogen) atoms. The standard InChI is InChI=1S/C23H16BrN3O4/c24-17-10-11-20(31-14-21(28)29)16(12-17)13-25-27-22(15-6-2-1-3-7-15)26-19-9-5-4-8-18(19)23(27)30/h1-13H,14H2,(H,28,29). The van der Waals surface area contributed by atoms with Crippen LogP contribution in [0.3, 0.4) is 0 Å². The molecule has 7 nitrogen and oxygen atoms in total. The number of fused-ring (bicyclic) bond motifs is 1. The van der Waals surface area contributed by atoms with Crippen molar-refractivity contribution in [3.8, 4) is 17.1 Å². The monoisotopic (exact) mass is 477 g/mol. The predicted molar refractivity (Wildman–Crippen MR) is 122 cm³/mol.